The van der Waals surface area contributed by atoms with Crippen molar-refractivity contribution in [1.82, 2.24) is 14.5 Å². The predicted molar refractivity (Wildman–Crippen MR) is 159 cm³/mol. The molecule has 5 rings (SSSR count). The minimum Gasteiger partial charge on any atom is -0.383 e. The lowest BCUT2D eigenvalue weighted by atomic mass is 9.87. The molecule has 0 spiro atoms. The van der Waals surface area contributed by atoms with Gasteiger partial charge < -0.3 is 10.4 Å². The van der Waals surface area contributed by atoms with Crippen LogP contribution in [-0.2, 0) is 29.8 Å². The van der Waals surface area contributed by atoms with Crippen molar-refractivity contribution < 1.29 is 18.1 Å². The summed E-state index contributed by atoms with van der Waals surface area (Å²) in [6, 6.07) is 7.96. The molecule has 41 heavy (non-hydrogen) atoms. The second-order valence-corrected chi connectivity index (χ2v) is 13.2. The maximum atomic E-state index is 15.5. The van der Waals surface area contributed by atoms with E-state index in [0.717, 1.165) is 19.3 Å². The Labute approximate surface area is 241 Å². The molecule has 1 fully saturated rings. The minimum absolute atomic E-state index is 0.0171. The van der Waals surface area contributed by atoms with Gasteiger partial charge in [-0.1, -0.05) is 36.8 Å². The number of aliphatic hydroxyl groups is 1. The van der Waals surface area contributed by atoms with Gasteiger partial charge in [-0.3, -0.25) is 13.6 Å². The van der Waals surface area contributed by atoms with Gasteiger partial charge in [0.25, 0.3) is 5.56 Å². The first-order valence-electron chi connectivity index (χ1n) is 14.4. The van der Waals surface area contributed by atoms with Crippen LogP contribution < -0.4 is 10.9 Å². The van der Waals surface area contributed by atoms with Crippen molar-refractivity contribution in [3.8, 4) is 0 Å². The van der Waals surface area contributed by atoms with Gasteiger partial charge in [0.05, 0.1) is 5.39 Å². The summed E-state index contributed by atoms with van der Waals surface area (Å²) in [4.78, 5) is 23.2. The van der Waals surface area contributed by atoms with Crippen LogP contribution in [-0.4, -0.2) is 41.0 Å². The summed E-state index contributed by atoms with van der Waals surface area (Å²) in [5, 5.41) is 14.8. The number of fused-ring (bicyclic) bond motifs is 2. The van der Waals surface area contributed by atoms with Gasteiger partial charge in [-0.25, -0.2) is 9.97 Å². The highest BCUT2D eigenvalue weighted by Gasteiger charge is 2.49. The molecule has 1 saturated heterocycles. The van der Waals surface area contributed by atoms with E-state index in [1.165, 1.54) is 19.1 Å². The van der Waals surface area contributed by atoms with E-state index in [-0.39, 0.29) is 30.0 Å². The fraction of sp³-hybridized carbons (Fsp3) is 0.516. The van der Waals surface area contributed by atoms with E-state index >= 15 is 8.78 Å². The van der Waals surface area contributed by atoms with Gasteiger partial charge in [-0.15, -0.1) is 0 Å². The number of nitrogens with zero attached hydrogens (tertiary/aromatic N) is 3. The number of aryl methyl sites for hydroxylation is 2. The molecule has 2 aromatic heterocycles. The van der Waals surface area contributed by atoms with Gasteiger partial charge in [0.1, 0.15) is 22.9 Å². The van der Waals surface area contributed by atoms with Crippen molar-refractivity contribution in [2.24, 2.45) is 0 Å². The van der Waals surface area contributed by atoms with Crippen LogP contribution >= 0.6 is 0 Å². The fourth-order valence-corrected chi connectivity index (χ4v) is 7.05. The third-order valence-electron chi connectivity index (χ3n) is 8.27. The third-order valence-corrected chi connectivity index (χ3v) is 9.66. The first-order valence-corrected chi connectivity index (χ1v) is 15.9. The molecule has 6 bridgehead atoms. The highest BCUT2D eigenvalue weighted by Crippen LogP contribution is 2.41. The van der Waals surface area contributed by atoms with Crippen LogP contribution in [0.15, 0.2) is 47.3 Å². The van der Waals surface area contributed by atoms with Gasteiger partial charge in [-0.2, -0.15) is 8.78 Å². The van der Waals surface area contributed by atoms with Gasteiger partial charge >= 0.3 is 5.92 Å². The second-order valence-electron chi connectivity index (χ2n) is 11.5. The number of aromatic nitrogens is 3. The SMILES string of the molecule is Cc1nc2c3cc(C4CCS(=O)CC4)c(=O)n(c3n1)CCCCC/C=C\CC(C)(O)C(F)(F)c1cccc(c1)CN2. The second kappa shape index (κ2) is 12.1. The summed E-state index contributed by atoms with van der Waals surface area (Å²) in [5.74, 6) is -1.24. The van der Waals surface area contributed by atoms with E-state index in [0.29, 0.717) is 71.1 Å². The van der Waals surface area contributed by atoms with Crippen molar-refractivity contribution in [1.29, 1.82) is 0 Å². The molecule has 0 amide bonds. The number of benzene rings is 1. The first-order chi connectivity index (χ1) is 19.6. The molecule has 2 N–H and O–H groups in total. The highest BCUT2D eigenvalue weighted by molar-refractivity contribution is 7.85. The van der Waals surface area contributed by atoms with E-state index in [2.05, 4.69) is 15.3 Å². The molecule has 1 aromatic carbocycles. The van der Waals surface area contributed by atoms with Gasteiger partial charge in [0.2, 0.25) is 0 Å². The van der Waals surface area contributed by atoms with Crippen LogP contribution in [0.5, 0.6) is 0 Å². The molecule has 4 heterocycles. The van der Waals surface area contributed by atoms with Crippen molar-refractivity contribution in [2.75, 3.05) is 16.8 Å². The lowest BCUT2D eigenvalue weighted by Gasteiger charge is -2.32. The average molecular weight is 585 g/mol. The van der Waals surface area contributed by atoms with E-state index in [4.69, 9.17) is 0 Å². The van der Waals surface area contributed by atoms with Crippen LogP contribution in [0.4, 0.5) is 14.6 Å². The summed E-state index contributed by atoms with van der Waals surface area (Å²) >= 11 is 0. The van der Waals surface area contributed by atoms with Crippen LogP contribution in [0.3, 0.4) is 0 Å². The largest absolute Gasteiger partial charge is 0.383 e. The predicted octanol–water partition coefficient (Wildman–Crippen LogP) is 5.70. The standard InChI is InChI=1S/C31H38F2N4O3S/c1-21-35-27-26-19-25(23-12-16-41(40)17-13-23)29(38)37(28(26)36-21)15-8-6-4-3-5-7-14-30(2,39)31(32,33)24-11-9-10-22(18-24)20-34-27/h5,7,9-11,18-19,23,39H,3-4,6,8,12-17,20H2,1-2H3,(H,34,35,36)/b7-5-. The zero-order valence-electron chi connectivity index (χ0n) is 23.7. The Hall–Kier alpha value is -2.98. The monoisotopic (exact) mass is 584 g/mol. The molecule has 0 aliphatic carbocycles. The molecule has 2 aliphatic heterocycles. The van der Waals surface area contributed by atoms with Crippen molar-refractivity contribution >= 4 is 27.7 Å². The number of alkyl halides is 2. The smallest absolute Gasteiger partial charge is 0.301 e. The number of pyridine rings is 1. The average Bonchev–Trinajstić information content (AvgIpc) is 2.94. The summed E-state index contributed by atoms with van der Waals surface area (Å²) in [7, 11) is -0.844. The molecule has 0 saturated carbocycles. The minimum atomic E-state index is -3.46. The normalized spacial score (nSPS) is 26.5. The van der Waals surface area contributed by atoms with E-state index < -0.39 is 22.3 Å². The number of rotatable bonds is 1. The number of allylic oxidation sites excluding steroid dienone is 1. The summed E-state index contributed by atoms with van der Waals surface area (Å²) in [6.45, 7) is 3.67. The lowest BCUT2D eigenvalue weighted by molar-refractivity contribution is -0.176. The zero-order valence-corrected chi connectivity index (χ0v) is 24.5. The number of halogens is 2. The molecule has 7 nitrogen and oxygen atoms in total. The first kappa shape index (κ1) is 29.5. The van der Waals surface area contributed by atoms with Gasteiger partial charge in [0.15, 0.2) is 0 Å². The molecule has 0 radical (unpaired) electrons. The molecule has 2 aliphatic rings. The van der Waals surface area contributed by atoms with Crippen LogP contribution in [0.25, 0.3) is 11.0 Å². The summed E-state index contributed by atoms with van der Waals surface area (Å²) < 4.78 is 44.7. The van der Waals surface area contributed by atoms with Crippen LogP contribution in [0, 0.1) is 6.92 Å². The van der Waals surface area contributed by atoms with Crippen LogP contribution in [0.2, 0.25) is 0 Å². The Morgan fingerprint density at radius 1 is 1.10 bits per heavy atom. The quantitative estimate of drug-likeness (QED) is 0.356. The summed E-state index contributed by atoms with van der Waals surface area (Å²) in [6.07, 6.45) is 7.83. The topological polar surface area (TPSA) is 97.1 Å². The lowest BCUT2D eigenvalue weighted by Crippen LogP contribution is -2.42. The molecular formula is C31H38F2N4O3S. The molecule has 1 atom stereocenters. The van der Waals surface area contributed by atoms with Gasteiger partial charge in [-0.05, 0) is 69.6 Å². The number of anilines is 1. The Balaban J connectivity index is 1.59. The third kappa shape index (κ3) is 6.28. The van der Waals surface area contributed by atoms with Crippen molar-refractivity contribution in [2.45, 2.75) is 89.3 Å². The molecular weight excluding hydrogens is 546 g/mol. The van der Waals surface area contributed by atoms with E-state index in [9.17, 15) is 14.1 Å². The highest BCUT2D eigenvalue weighted by atomic mass is 32.2. The summed E-state index contributed by atoms with van der Waals surface area (Å²) in [5.41, 5.74) is -0.676. The van der Waals surface area contributed by atoms with Crippen molar-refractivity contribution in [3.63, 3.8) is 0 Å². The Bertz CT molecular complexity index is 1530. The number of hydrogen-bond acceptors (Lipinski definition) is 6. The molecule has 1 unspecified atom stereocenters. The van der Waals surface area contributed by atoms with E-state index in [1.807, 2.05) is 12.1 Å². The Morgan fingerprint density at radius 3 is 2.66 bits per heavy atom. The molecule has 10 heteroatoms. The Morgan fingerprint density at radius 2 is 1.88 bits per heavy atom. The zero-order chi connectivity index (χ0) is 29.2. The number of hydrogen-bond donors (Lipinski definition) is 2. The van der Waals surface area contributed by atoms with Crippen LogP contribution in [0.1, 0.15) is 80.3 Å². The number of nitrogens with one attached hydrogen (secondary N) is 1. The van der Waals surface area contributed by atoms with E-state index in [1.54, 1.807) is 29.7 Å². The van der Waals surface area contributed by atoms with Gasteiger partial charge in [0, 0.05) is 52.9 Å². The fourth-order valence-electron chi connectivity index (χ4n) is 5.75. The molecule has 3 aromatic rings. The van der Waals surface area contributed by atoms with Crippen molar-refractivity contribution in [3.05, 3.63) is 75.4 Å². The molecule has 220 valence electrons. The maximum Gasteiger partial charge on any atom is 0.301 e. The maximum absolute atomic E-state index is 15.5. The Kier molecular flexibility index (Phi) is 8.70.